The molecule has 4 aliphatic rings. The molecule has 9 N–H and O–H groups in total. The molecule has 8 amide bonds. The molecule has 0 bridgehead atoms. The zero-order chi connectivity index (χ0) is 56.0. The third-order valence-electron chi connectivity index (χ3n) is 14.5. The van der Waals surface area contributed by atoms with Crippen molar-refractivity contribution in [1.82, 2.24) is 46.4 Å². The third kappa shape index (κ3) is 12.3. The number of carbonyl (C=O) groups is 9. The first-order chi connectivity index (χ1) is 37.3. The summed E-state index contributed by atoms with van der Waals surface area (Å²) in [6.07, 6.45) is 1.71. The van der Waals surface area contributed by atoms with E-state index in [1.165, 1.54) is 22.8 Å². The SMILES string of the molecule is CC[C@]1(O)c2cc3n(c(=O)c2COC1O)Cc1c-3nc2cc(F)c(C)c3c2c1[C@@H](NC(=O)CNC(=O)[C@H](Cc1ccccc1)NC(=O)CNC(=O)CNC(=O)C[C@@H](CC(=O)O)NC(=O)CCCCCN1C(=O)C=CC1=O)CC3. The molecule has 1 aliphatic carbocycles. The second kappa shape index (κ2) is 24.0. The molecule has 0 spiro atoms. The number of rotatable bonds is 23. The number of hydrogen-bond donors (Lipinski definition) is 9. The lowest BCUT2D eigenvalue weighted by atomic mass is 9.81. The van der Waals surface area contributed by atoms with Gasteiger partial charge in [-0.05, 0) is 67.3 Å². The van der Waals surface area contributed by atoms with E-state index in [4.69, 9.17) is 9.72 Å². The van der Waals surface area contributed by atoms with Gasteiger partial charge in [-0.2, -0.15) is 0 Å². The number of imide groups is 1. The average molecular weight is 1080 g/mol. The van der Waals surface area contributed by atoms with Crippen molar-refractivity contribution < 1.29 is 67.6 Å². The Hall–Kier alpha value is -8.22. The van der Waals surface area contributed by atoms with Crippen LogP contribution in [-0.4, -0.2) is 128 Å². The van der Waals surface area contributed by atoms with Crippen LogP contribution in [0.4, 0.5) is 4.39 Å². The lowest BCUT2D eigenvalue weighted by molar-refractivity contribution is -0.236. The molecule has 0 fully saturated rings. The standard InChI is InChI=1S/C54H60FN9O14/c1-3-54(77)34-21-39-50-32(26-64(39)52(75)33(34)27-78-53(54)76)49-36(14-13-31-28(2)35(55)22-37(62-50)48(31)49)60-44(69)25-58-51(74)38(18-29-10-6-4-7-11-29)61-43(68)24-57-42(67)23-56-41(66)19-30(20-47(72)73)59-40(65)12-8-5-9-17-63-45(70)15-16-46(63)71/h4,6-7,10-11,15-16,21-22,30,36,38,53,76-77H,3,5,8-9,12-14,17-20,23-27H2,1-2H3,(H,56,66)(H,57,67)(H,58,74)(H,59,65)(H,60,69)(H,61,68)(H,72,73)/t30-,36-,38-,53?,54-/m0/s1. The number of aromatic nitrogens is 2. The van der Waals surface area contributed by atoms with Gasteiger partial charge in [0.15, 0.2) is 6.29 Å². The topological polar surface area (TPSA) is 334 Å². The van der Waals surface area contributed by atoms with Gasteiger partial charge in [0.05, 0.1) is 62.2 Å². The first-order valence-electron chi connectivity index (χ1n) is 25.7. The van der Waals surface area contributed by atoms with Crippen molar-refractivity contribution >= 4 is 64.1 Å². The highest BCUT2D eigenvalue weighted by atomic mass is 19.1. The maximum absolute atomic E-state index is 15.5. The number of aliphatic carboxylic acids is 1. The molecule has 5 heterocycles. The first kappa shape index (κ1) is 56.0. The quantitative estimate of drug-likeness (QED) is 0.0315. The number of nitrogens with zero attached hydrogens (tertiary/aromatic N) is 3. The van der Waals surface area contributed by atoms with Gasteiger partial charge in [0.2, 0.25) is 35.4 Å². The van der Waals surface area contributed by atoms with E-state index in [2.05, 4.69) is 31.9 Å². The molecule has 0 radical (unpaired) electrons. The van der Waals surface area contributed by atoms with Crippen LogP contribution < -0.4 is 37.5 Å². The highest BCUT2D eigenvalue weighted by molar-refractivity contribution is 6.12. The van der Waals surface area contributed by atoms with E-state index in [0.29, 0.717) is 82.2 Å². The van der Waals surface area contributed by atoms with Crippen LogP contribution in [0.2, 0.25) is 0 Å². The van der Waals surface area contributed by atoms with Crippen LogP contribution in [-0.2, 0) is 79.5 Å². The summed E-state index contributed by atoms with van der Waals surface area (Å²) in [7, 11) is 0. The Kier molecular flexibility index (Phi) is 17.2. The molecule has 23 nitrogen and oxygen atoms in total. The number of pyridine rings is 2. The summed E-state index contributed by atoms with van der Waals surface area (Å²) >= 11 is 0. The Morgan fingerprint density at radius 3 is 2.27 bits per heavy atom. The highest BCUT2D eigenvalue weighted by Crippen LogP contribution is 2.46. The average Bonchev–Trinajstić information content (AvgIpc) is 4.11. The van der Waals surface area contributed by atoms with Gasteiger partial charge in [0.25, 0.3) is 17.4 Å². The van der Waals surface area contributed by atoms with Gasteiger partial charge in [-0.3, -0.25) is 52.8 Å². The lowest BCUT2D eigenvalue weighted by Gasteiger charge is -2.37. The number of aryl methyl sites for hydroxylation is 1. The van der Waals surface area contributed by atoms with E-state index in [-0.39, 0.29) is 50.1 Å². The first-order valence-corrected chi connectivity index (χ1v) is 25.7. The summed E-state index contributed by atoms with van der Waals surface area (Å²) < 4.78 is 22.4. The zero-order valence-corrected chi connectivity index (χ0v) is 42.9. The number of amides is 8. The Balaban J connectivity index is 0.858. The fourth-order valence-electron chi connectivity index (χ4n) is 10.4. The predicted octanol–water partition coefficient (Wildman–Crippen LogP) is 0.334. The largest absolute Gasteiger partial charge is 0.481 e. The van der Waals surface area contributed by atoms with Crippen LogP contribution in [0.15, 0.2) is 59.4 Å². The van der Waals surface area contributed by atoms with Crippen molar-refractivity contribution in [2.45, 2.75) is 121 Å². The van der Waals surface area contributed by atoms with Gasteiger partial charge < -0.3 is 56.5 Å². The molecule has 78 heavy (non-hydrogen) atoms. The smallest absolute Gasteiger partial charge is 0.305 e. The molecule has 0 saturated heterocycles. The summed E-state index contributed by atoms with van der Waals surface area (Å²) in [5, 5.41) is 47.5. The summed E-state index contributed by atoms with van der Waals surface area (Å²) in [4.78, 5) is 134. The molecular formula is C54H60FN9O14. The van der Waals surface area contributed by atoms with E-state index in [1.807, 2.05) is 0 Å². The Labute approximate surface area is 445 Å². The number of fused-ring (bicyclic) bond motifs is 5. The van der Waals surface area contributed by atoms with Crippen LogP contribution in [0.5, 0.6) is 0 Å². The normalized spacial score (nSPS) is 18.6. The van der Waals surface area contributed by atoms with E-state index >= 15 is 4.39 Å². The Morgan fingerprint density at radius 1 is 0.846 bits per heavy atom. The van der Waals surface area contributed by atoms with Crippen LogP contribution in [0.3, 0.4) is 0 Å². The van der Waals surface area contributed by atoms with Gasteiger partial charge >= 0.3 is 5.97 Å². The minimum atomic E-state index is -1.89. The van der Waals surface area contributed by atoms with Crippen molar-refractivity contribution in [2.75, 3.05) is 26.2 Å². The van der Waals surface area contributed by atoms with E-state index in [0.717, 1.165) is 4.90 Å². The number of carboxylic acid groups (broad SMARTS) is 1. The summed E-state index contributed by atoms with van der Waals surface area (Å²) in [5.74, 6) is -6.80. The molecule has 412 valence electrons. The molecule has 4 aromatic rings. The van der Waals surface area contributed by atoms with Crippen LogP contribution in [0.25, 0.3) is 22.3 Å². The van der Waals surface area contributed by atoms with Crippen molar-refractivity contribution in [1.29, 1.82) is 0 Å². The summed E-state index contributed by atoms with van der Waals surface area (Å²) in [6, 6.07) is 8.56. The van der Waals surface area contributed by atoms with Gasteiger partial charge in [0, 0.05) is 72.1 Å². The molecule has 24 heteroatoms. The number of aliphatic hydroxyl groups is 2. The maximum Gasteiger partial charge on any atom is 0.305 e. The summed E-state index contributed by atoms with van der Waals surface area (Å²) in [5.41, 5.74) is 2.01. The number of ether oxygens (including phenoxy) is 1. The fourth-order valence-corrected chi connectivity index (χ4v) is 10.4. The Bertz CT molecular complexity index is 3180. The molecule has 1 unspecified atom stereocenters. The van der Waals surface area contributed by atoms with Crippen molar-refractivity contribution in [3.8, 4) is 11.4 Å². The highest BCUT2D eigenvalue weighted by Gasteiger charge is 2.45. The van der Waals surface area contributed by atoms with Gasteiger partial charge in [0.1, 0.15) is 17.5 Å². The number of carboxylic acids is 1. The van der Waals surface area contributed by atoms with Crippen molar-refractivity contribution in [3.05, 3.63) is 110 Å². The molecule has 2 aromatic carbocycles. The molecule has 3 aliphatic heterocycles. The molecule has 8 rings (SSSR count). The monoisotopic (exact) mass is 1080 g/mol. The second-order valence-corrected chi connectivity index (χ2v) is 19.7. The van der Waals surface area contributed by atoms with E-state index < -0.39 is 127 Å². The number of unbranched alkanes of at least 4 members (excludes halogenated alkanes) is 2. The molecule has 0 saturated carbocycles. The van der Waals surface area contributed by atoms with Gasteiger partial charge in [-0.15, -0.1) is 0 Å². The zero-order valence-electron chi connectivity index (χ0n) is 42.9. The number of hydrogen-bond acceptors (Lipinski definition) is 14. The third-order valence-corrected chi connectivity index (χ3v) is 14.5. The van der Waals surface area contributed by atoms with Crippen molar-refractivity contribution in [2.24, 2.45) is 0 Å². The predicted molar refractivity (Wildman–Crippen MR) is 274 cm³/mol. The van der Waals surface area contributed by atoms with Crippen LogP contribution in [0.1, 0.15) is 103 Å². The summed E-state index contributed by atoms with van der Waals surface area (Å²) in [6.45, 7) is 1.51. The Morgan fingerprint density at radius 2 is 1.55 bits per heavy atom. The number of halogens is 1. The molecular weight excluding hydrogens is 1020 g/mol. The molecule has 5 atom stereocenters. The number of carbonyl (C=O) groups excluding carboxylic acids is 8. The van der Waals surface area contributed by atoms with Gasteiger partial charge in [-0.1, -0.05) is 43.7 Å². The van der Waals surface area contributed by atoms with Crippen LogP contribution in [0, 0.1) is 12.7 Å². The lowest BCUT2D eigenvalue weighted by Crippen LogP contribution is -2.52. The van der Waals surface area contributed by atoms with Gasteiger partial charge in [-0.25, -0.2) is 9.37 Å². The minimum absolute atomic E-state index is 0.00729. The van der Waals surface area contributed by atoms with E-state index in [1.54, 1.807) is 50.2 Å². The van der Waals surface area contributed by atoms with E-state index in [9.17, 15) is 63.3 Å². The fraction of sp³-hybridized carbons (Fsp3) is 0.426. The molecule has 2 aromatic heterocycles. The minimum Gasteiger partial charge on any atom is -0.481 e. The second-order valence-electron chi connectivity index (χ2n) is 19.7. The van der Waals surface area contributed by atoms with Crippen molar-refractivity contribution in [3.63, 3.8) is 0 Å². The van der Waals surface area contributed by atoms with Crippen LogP contribution >= 0.6 is 0 Å². The number of aliphatic hydroxyl groups excluding tert-OH is 1. The number of nitrogens with one attached hydrogen (secondary N) is 6. The number of benzene rings is 2. The maximum atomic E-state index is 15.5.